The lowest BCUT2D eigenvalue weighted by atomic mass is 9.84. The summed E-state index contributed by atoms with van der Waals surface area (Å²) in [6, 6.07) is 5.12. The van der Waals surface area contributed by atoms with E-state index < -0.39 is 0 Å². The number of ether oxygens (including phenoxy) is 2. The van der Waals surface area contributed by atoms with Crippen LogP contribution >= 0.6 is 12.2 Å². The number of nitrogens with zero attached hydrogens (tertiary/aromatic N) is 9. The third-order valence-electron chi connectivity index (χ3n) is 17.5. The number of allylic oxidation sites excluding steroid dienone is 1. The molecule has 12 nitrogen and oxygen atoms in total. The van der Waals surface area contributed by atoms with E-state index in [1.54, 1.807) is 0 Å². The van der Waals surface area contributed by atoms with E-state index in [0.29, 0.717) is 71.4 Å². The Bertz CT molecular complexity index is 1850. The Kier molecular flexibility index (Phi) is 101. The molecular weight excluding hydrogens is 1420 g/mol. The summed E-state index contributed by atoms with van der Waals surface area (Å²) >= 11 is 5.23. The molecule has 9 saturated heterocycles. The maximum atomic E-state index is 11.2. The first-order chi connectivity index (χ1) is 53.5. The van der Waals surface area contributed by atoms with Crippen molar-refractivity contribution in [1.29, 1.82) is 0 Å². The summed E-state index contributed by atoms with van der Waals surface area (Å²) in [5, 5.41) is 0. The summed E-state index contributed by atoms with van der Waals surface area (Å²) in [5.74, 6) is 7.16. The van der Waals surface area contributed by atoms with Gasteiger partial charge < -0.3 is 34.0 Å². The molecule has 0 radical (unpaired) electrons. The van der Waals surface area contributed by atoms with Crippen molar-refractivity contribution in [1.82, 2.24) is 34.3 Å². The van der Waals surface area contributed by atoms with Gasteiger partial charge in [-0.3, -0.25) is 24.6 Å². The van der Waals surface area contributed by atoms with E-state index in [1.165, 1.54) is 177 Å². The van der Waals surface area contributed by atoms with Crippen LogP contribution in [0.1, 0.15) is 460 Å². The number of hydrogen-bond donors (Lipinski definition) is 0. The topological polar surface area (TPSA) is 82.9 Å². The van der Waals surface area contributed by atoms with E-state index in [-0.39, 0.29) is 0 Å². The van der Waals surface area contributed by atoms with Crippen LogP contribution in [0.2, 0.25) is 0 Å². The predicted octanol–water partition coefficient (Wildman–Crippen LogP) is 30.2. The van der Waals surface area contributed by atoms with Gasteiger partial charge in [-0.1, -0.05) is 232 Å². The molecule has 0 saturated carbocycles. The van der Waals surface area contributed by atoms with Gasteiger partial charge in [-0.15, -0.1) is 0 Å². The Balaban J connectivity index is -0.000000130. The number of rotatable bonds is 9. The van der Waals surface area contributed by atoms with Crippen molar-refractivity contribution in [2.24, 2.45) is 39.6 Å². The molecule has 9 aliphatic rings. The fraction of sp³-hybridized carbons (Fsp3) is 0.941. The van der Waals surface area contributed by atoms with E-state index in [1.807, 2.05) is 102 Å². The Morgan fingerprint density at radius 2 is 0.518 bits per heavy atom. The number of hydrogen-bond acceptors (Lipinski definition) is 9. The van der Waals surface area contributed by atoms with Crippen molar-refractivity contribution >= 4 is 34.8 Å². The van der Waals surface area contributed by atoms with Gasteiger partial charge >= 0.3 is 0 Å². The summed E-state index contributed by atoms with van der Waals surface area (Å²) in [7, 11) is 0. The highest BCUT2D eigenvalue weighted by Gasteiger charge is 2.47. The van der Waals surface area contributed by atoms with Crippen molar-refractivity contribution in [3.63, 3.8) is 0 Å². The Morgan fingerprint density at radius 1 is 0.289 bits per heavy atom. The average molecular weight is 1640 g/mol. The molecule has 0 aliphatic carbocycles. The monoisotopic (exact) mass is 1640 g/mol. The third kappa shape index (κ3) is 73.6. The quantitative estimate of drug-likeness (QED) is 0.208. The first-order valence-corrected chi connectivity index (χ1v) is 49.3. The standard InChI is InChI=1S/2C11H22N2.2C10H19NO.C9H17N.C8H15NO.C8H15NS.5C4H10.7C2H6/c2*1-9(2)12-11-7-5-6-8-13(11)10(3)4;2*1-9(2)11-6-4-3-5-10(11)7-12-8-10;1-8(2)10-7-5-4-6-9(10)3;2*1-7(2)9-6-4-3-5-8(9)10;5*1-4(2)3;7*1-2/h2*9-10H,5-8H2,1-4H3;2*9H,3-8H2,1-2H3;8H,3-7H2,1-2H3;2*7H,3-6H2,1-2H3;5*4H,1-3H3;7*1-2H3. The summed E-state index contributed by atoms with van der Waals surface area (Å²) in [5.41, 5.74) is 2.24. The fourth-order valence-electron chi connectivity index (χ4n) is 13.1. The first kappa shape index (κ1) is 132. The van der Waals surface area contributed by atoms with Gasteiger partial charge in [0.05, 0.1) is 54.2 Å². The maximum absolute atomic E-state index is 11.2. The van der Waals surface area contributed by atoms with E-state index in [4.69, 9.17) is 21.7 Å². The van der Waals surface area contributed by atoms with Crippen LogP contribution in [0.3, 0.4) is 0 Å². The van der Waals surface area contributed by atoms with Gasteiger partial charge in [0.2, 0.25) is 5.91 Å². The van der Waals surface area contributed by atoms with Gasteiger partial charge in [0.25, 0.3) is 0 Å². The Morgan fingerprint density at radius 3 is 0.702 bits per heavy atom. The highest BCUT2D eigenvalue weighted by molar-refractivity contribution is 7.80. The number of thiocarbonyl (C=S) groups is 1. The van der Waals surface area contributed by atoms with Crippen LogP contribution < -0.4 is 0 Å². The van der Waals surface area contributed by atoms with Crippen LogP contribution in [-0.4, -0.2) is 195 Å². The normalized spacial score (nSPS) is 18.5. The predicted molar refractivity (Wildman–Crippen MR) is 531 cm³/mol. The lowest BCUT2D eigenvalue weighted by molar-refractivity contribution is -0.165. The minimum atomic E-state index is 0.334. The molecule has 0 aromatic rings. The number of piperidine rings is 7. The molecule has 0 atom stereocenters. The molecule has 9 fully saturated rings. The van der Waals surface area contributed by atoms with Crippen molar-refractivity contribution in [3.8, 4) is 0 Å². The molecule has 0 N–H and O–H groups in total. The lowest BCUT2D eigenvalue weighted by Crippen LogP contribution is -2.65. The SMILES string of the molecule is C=C1CCCCN1C(C)C.CC.CC.CC.CC.CC.CC.CC.CC(C)C.CC(C)C.CC(C)C.CC(C)C.CC(C)C.CC(C)N1CCCCC12COC2.CC(C)N1CCCCC12COC2.CC(C)N1CCCCC1=O.CC(C)N1CCCCC1=S.CC(C)N=C1CCCCN1C(C)C.CC(C)N=C1CCCCN1C(C)C. The molecule has 2 spiro atoms. The minimum Gasteiger partial charge on any atom is -0.377 e. The largest absolute Gasteiger partial charge is 0.377 e. The van der Waals surface area contributed by atoms with E-state index in [9.17, 15) is 4.79 Å². The van der Waals surface area contributed by atoms with Gasteiger partial charge in [-0.05, 0) is 270 Å². The zero-order valence-corrected chi connectivity index (χ0v) is 88.4. The smallest absolute Gasteiger partial charge is 0.222 e. The number of carbonyl (C=O) groups excluding carboxylic acids is 1. The molecule has 9 rings (SSSR count). The van der Waals surface area contributed by atoms with Gasteiger partial charge in [0, 0.05) is 112 Å². The second-order valence-corrected chi connectivity index (χ2v) is 36.4. The summed E-state index contributed by atoms with van der Waals surface area (Å²) in [4.78, 5) is 38.6. The molecule has 13 heteroatoms. The zero-order valence-electron chi connectivity index (χ0n) is 87.6. The third-order valence-corrected chi connectivity index (χ3v) is 17.9. The Labute approximate surface area is 728 Å². The van der Waals surface area contributed by atoms with E-state index >= 15 is 0 Å². The van der Waals surface area contributed by atoms with Crippen molar-refractivity contribution in [2.75, 3.05) is 72.2 Å². The molecule has 0 aromatic carbocycles. The second kappa shape index (κ2) is 87.0. The van der Waals surface area contributed by atoms with Gasteiger partial charge in [0.1, 0.15) is 0 Å². The number of carbonyl (C=O) groups is 1. The summed E-state index contributed by atoms with van der Waals surface area (Å²) < 4.78 is 10.7. The fourth-order valence-corrected chi connectivity index (χ4v) is 13.5. The summed E-state index contributed by atoms with van der Waals surface area (Å²) in [6.45, 7) is 117. The van der Waals surface area contributed by atoms with E-state index in [2.05, 4.69) is 274 Å². The second-order valence-electron chi connectivity index (χ2n) is 35.9. The molecule has 1 amide bonds. The minimum absolute atomic E-state index is 0.334. The number of amides is 1. The van der Waals surface area contributed by atoms with Crippen molar-refractivity contribution < 1.29 is 14.3 Å². The van der Waals surface area contributed by atoms with Gasteiger partial charge in [-0.2, -0.15) is 0 Å². The number of aliphatic imine (C=N–C) groups is 2. The highest BCUT2D eigenvalue weighted by atomic mass is 32.1. The summed E-state index contributed by atoms with van der Waals surface area (Å²) in [6.07, 6.45) is 26.5. The molecular formula is C101H221N9O3S. The first-order valence-electron chi connectivity index (χ1n) is 48.9. The molecule has 9 aliphatic heterocycles. The van der Waals surface area contributed by atoms with Crippen LogP contribution in [0, 0.1) is 29.6 Å². The van der Waals surface area contributed by atoms with Crippen LogP contribution in [0.5, 0.6) is 0 Å². The molecule has 694 valence electrons. The van der Waals surface area contributed by atoms with Crippen LogP contribution in [0.4, 0.5) is 0 Å². The van der Waals surface area contributed by atoms with Crippen LogP contribution in [-0.2, 0) is 14.3 Å². The zero-order chi connectivity index (χ0) is 91.5. The Hall–Kier alpha value is -2.32. The average Bonchev–Trinajstić information content (AvgIpc) is 0.779. The number of likely N-dealkylation sites (tertiary alicyclic amines) is 7. The van der Waals surface area contributed by atoms with E-state index in [0.717, 1.165) is 81.8 Å². The van der Waals surface area contributed by atoms with Gasteiger partial charge in [-0.25, -0.2) is 0 Å². The van der Waals surface area contributed by atoms with Crippen molar-refractivity contribution in [2.45, 2.75) is 526 Å². The molecule has 114 heavy (non-hydrogen) atoms. The highest BCUT2D eigenvalue weighted by Crippen LogP contribution is 2.37. The van der Waals surface area contributed by atoms with Crippen LogP contribution in [0.25, 0.3) is 0 Å². The van der Waals surface area contributed by atoms with Crippen LogP contribution in [0.15, 0.2) is 22.3 Å². The molecule has 9 heterocycles. The maximum Gasteiger partial charge on any atom is 0.222 e. The molecule has 0 bridgehead atoms. The molecule has 0 unspecified atom stereocenters. The van der Waals surface area contributed by atoms with Gasteiger partial charge in [0.15, 0.2) is 0 Å². The lowest BCUT2D eigenvalue weighted by Gasteiger charge is -2.54. The van der Waals surface area contributed by atoms with Crippen molar-refractivity contribution in [3.05, 3.63) is 12.3 Å². The number of amidine groups is 2. The molecule has 0 aromatic heterocycles.